The summed E-state index contributed by atoms with van der Waals surface area (Å²) in [4.78, 5) is 63.8. The fourth-order valence-electron chi connectivity index (χ4n) is 5.01. The van der Waals surface area contributed by atoms with Crippen LogP contribution in [0.5, 0.6) is 5.75 Å². The number of urea groups is 1. The Morgan fingerprint density at radius 2 is 1.91 bits per heavy atom. The van der Waals surface area contributed by atoms with E-state index in [0.29, 0.717) is 23.7 Å². The topological polar surface area (TPSA) is 142 Å². The summed E-state index contributed by atoms with van der Waals surface area (Å²) in [5, 5.41) is 12.5. The number of benzene rings is 2. The number of hydrogen-bond donors (Lipinski definition) is 2. The van der Waals surface area contributed by atoms with E-state index < -0.39 is 41.9 Å². The number of carbonyl (C=O) groups excluding carboxylic acids is 3. The van der Waals surface area contributed by atoms with Crippen molar-refractivity contribution in [2.24, 2.45) is 4.99 Å². The van der Waals surface area contributed by atoms with Crippen LogP contribution < -0.4 is 10.1 Å². The molecule has 43 heavy (non-hydrogen) atoms. The highest BCUT2D eigenvalue weighted by Crippen LogP contribution is 2.46. The maximum Gasteiger partial charge on any atom is 0.326 e. The Morgan fingerprint density at radius 3 is 2.53 bits per heavy atom. The summed E-state index contributed by atoms with van der Waals surface area (Å²) in [6.07, 6.45) is 1.02. The molecule has 1 saturated heterocycles. The number of aromatic nitrogens is 1. The van der Waals surface area contributed by atoms with Gasteiger partial charge >= 0.3 is 12.0 Å². The number of nitrogens with one attached hydrogen (secondary N) is 1. The Hall–Kier alpha value is -4.29. The van der Waals surface area contributed by atoms with E-state index in [1.165, 1.54) is 28.4 Å². The van der Waals surface area contributed by atoms with Crippen molar-refractivity contribution in [1.82, 2.24) is 20.1 Å². The van der Waals surface area contributed by atoms with Crippen molar-refractivity contribution in [3.8, 4) is 5.75 Å². The van der Waals surface area contributed by atoms with Gasteiger partial charge in [0.2, 0.25) is 5.91 Å². The number of carbonyl (C=O) groups is 4. The van der Waals surface area contributed by atoms with Gasteiger partial charge in [-0.2, -0.15) is 0 Å². The van der Waals surface area contributed by atoms with Crippen LogP contribution in [0.1, 0.15) is 65.6 Å². The lowest BCUT2D eigenvalue weighted by molar-refractivity contribution is -0.136. The Kier molecular flexibility index (Phi) is 8.52. The Bertz CT molecular complexity index is 1590. The molecular formula is C30H30ClN5O6S. The standard InChI is InChI=1S/C30H30ClN5O6S/c1-30(2,3)42-22-12-18(21(37)13-25(39)40)6-9-20(22)28-34-26(17-4-7-19(31)8-5-17)27(23-14-32-16-43-23)36(28)29(41)35-11-10-33-24(38)15-35/h4-9,12,14,16,26-27H,10-11,13,15H2,1-3H3,(H,33,38)(H,39,40)/t26-,27+/m0/s1. The summed E-state index contributed by atoms with van der Waals surface area (Å²) in [6, 6.07) is 10.2. The molecule has 0 aliphatic carbocycles. The molecular weight excluding hydrogens is 594 g/mol. The van der Waals surface area contributed by atoms with E-state index in [2.05, 4.69) is 10.3 Å². The average Bonchev–Trinajstić information content (AvgIpc) is 3.60. The fourth-order valence-corrected chi connectivity index (χ4v) is 5.87. The number of ketones is 1. The largest absolute Gasteiger partial charge is 0.487 e. The molecule has 224 valence electrons. The highest BCUT2D eigenvalue weighted by molar-refractivity contribution is 7.09. The van der Waals surface area contributed by atoms with Gasteiger partial charge in [0.15, 0.2) is 5.78 Å². The first-order valence-electron chi connectivity index (χ1n) is 13.6. The summed E-state index contributed by atoms with van der Waals surface area (Å²) < 4.78 is 6.29. The van der Waals surface area contributed by atoms with Crippen molar-refractivity contribution >= 4 is 52.5 Å². The van der Waals surface area contributed by atoms with Crippen LogP contribution in [0.4, 0.5) is 4.79 Å². The lowest BCUT2D eigenvalue weighted by Gasteiger charge is -2.35. The molecule has 1 aromatic heterocycles. The number of amidine groups is 1. The molecule has 0 radical (unpaired) electrons. The van der Waals surface area contributed by atoms with Crippen LogP contribution in [0.2, 0.25) is 5.02 Å². The van der Waals surface area contributed by atoms with Gasteiger partial charge in [0.25, 0.3) is 0 Å². The predicted molar refractivity (Wildman–Crippen MR) is 161 cm³/mol. The molecule has 0 bridgehead atoms. The van der Waals surface area contributed by atoms with E-state index in [-0.39, 0.29) is 29.6 Å². The number of rotatable bonds is 7. The van der Waals surface area contributed by atoms with Crippen LogP contribution >= 0.6 is 22.9 Å². The third kappa shape index (κ3) is 6.70. The summed E-state index contributed by atoms with van der Waals surface area (Å²) in [6.45, 7) is 6.02. The monoisotopic (exact) mass is 623 g/mol. The average molecular weight is 624 g/mol. The molecule has 2 aliphatic heterocycles. The van der Waals surface area contributed by atoms with Crippen LogP contribution in [0.25, 0.3) is 0 Å². The molecule has 13 heteroatoms. The fraction of sp³-hybridized carbons (Fsp3) is 0.333. The van der Waals surface area contributed by atoms with Crippen LogP contribution in [0.3, 0.4) is 0 Å². The van der Waals surface area contributed by atoms with Crippen LogP contribution in [-0.2, 0) is 9.59 Å². The third-order valence-corrected chi connectivity index (χ3v) is 7.91. The number of carboxylic acid groups (broad SMARTS) is 1. The SMILES string of the molecule is CC(C)(C)Oc1cc(C(=O)CC(=O)O)ccc1C1=N[C@@H](c2ccc(Cl)cc2)[C@@H](c2cncs2)N1C(=O)N1CCNC(=O)C1. The van der Waals surface area contributed by atoms with Gasteiger partial charge in [-0.3, -0.25) is 29.3 Å². The molecule has 0 unspecified atom stereocenters. The second kappa shape index (κ2) is 12.1. The van der Waals surface area contributed by atoms with E-state index in [0.717, 1.165) is 10.4 Å². The maximum atomic E-state index is 14.4. The number of amides is 3. The zero-order valence-electron chi connectivity index (χ0n) is 23.7. The second-order valence-electron chi connectivity index (χ2n) is 11.1. The van der Waals surface area contributed by atoms with Crippen molar-refractivity contribution in [2.45, 2.75) is 44.9 Å². The normalized spacial score (nSPS) is 18.7. The highest BCUT2D eigenvalue weighted by atomic mass is 35.5. The van der Waals surface area contributed by atoms with E-state index in [1.54, 1.807) is 34.8 Å². The molecule has 0 spiro atoms. The van der Waals surface area contributed by atoms with Gasteiger partial charge in [-0.15, -0.1) is 11.3 Å². The molecule has 3 amide bonds. The summed E-state index contributed by atoms with van der Waals surface area (Å²) in [5.74, 6) is -1.55. The third-order valence-electron chi connectivity index (χ3n) is 6.81. The second-order valence-corrected chi connectivity index (χ2v) is 12.5. The van der Waals surface area contributed by atoms with Crippen molar-refractivity contribution in [1.29, 1.82) is 0 Å². The lowest BCUT2D eigenvalue weighted by Crippen LogP contribution is -2.55. The quantitative estimate of drug-likeness (QED) is 0.286. The van der Waals surface area contributed by atoms with Gasteiger partial charge in [0.05, 0.1) is 16.0 Å². The van der Waals surface area contributed by atoms with Crippen molar-refractivity contribution in [3.63, 3.8) is 0 Å². The van der Waals surface area contributed by atoms with Gasteiger partial charge in [-0.05, 0) is 50.6 Å². The molecule has 0 saturated carbocycles. The molecule has 1 fully saturated rings. The number of aliphatic imine (C=N–C) groups is 1. The molecule has 2 aromatic carbocycles. The molecule has 5 rings (SSSR count). The Balaban J connectivity index is 1.69. The molecule has 11 nitrogen and oxygen atoms in total. The number of carboxylic acids is 1. The maximum absolute atomic E-state index is 14.4. The van der Waals surface area contributed by atoms with E-state index in [1.807, 2.05) is 32.9 Å². The molecule has 2 atom stereocenters. The van der Waals surface area contributed by atoms with E-state index >= 15 is 0 Å². The number of thiazole rings is 1. The minimum Gasteiger partial charge on any atom is -0.487 e. The summed E-state index contributed by atoms with van der Waals surface area (Å²) >= 11 is 7.57. The number of Topliss-reactive ketones (excluding diaryl/α,β-unsaturated/α-hetero) is 1. The van der Waals surface area contributed by atoms with E-state index in [4.69, 9.17) is 21.3 Å². The Morgan fingerprint density at radius 1 is 1.16 bits per heavy atom. The minimum atomic E-state index is -1.24. The number of hydrogen-bond acceptors (Lipinski definition) is 8. The molecule has 3 heterocycles. The smallest absolute Gasteiger partial charge is 0.326 e. The number of aliphatic carboxylic acids is 1. The van der Waals surface area contributed by atoms with Crippen molar-refractivity contribution < 1.29 is 29.0 Å². The first-order chi connectivity index (χ1) is 20.4. The number of piperazine rings is 1. The van der Waals surface area contributed by atoms with Crippen molar-refractivity contribution in [3.05, 3.63) is 80.8 Å². The summed E-state index contributed by atoms with van der Waals surface area (Å²) in [5.41, 5.74) is 2.36. The number of halogens is 1. The molecule has 3 aromatic rings. The van der Waals surface area contributed by atoms with Gasteiger partial charge in [-0.1, -0.05) is 29.8 Å². The van der Waals surface area contributed by atoms with Crippen LogP contribution in [0, 0.1) is 0 Å². The number of nitrogens with zero attached hydrogens (tertiary/aromatic N) is 4. The highest BCUT2D eigenvalue weighted by Gasteiger charge is 2.46. The van der Waals surface area contributed by atoms with Gasteiger partial charge in [0.1, 0.15) is 42.2 Å². The zero-order valence-corrected chi connectivity index (χ0v) is 25.3. The molecule has 2 N–H and O–H groups in total. The zero-order chi connectivity index (χ0) is 30.9. The minimum absolute atomic E-state index is 0.113. The van der Waals surface area contributed by atoms with Crippen molar-refractivity contribution in [2.75, 3.05) is 19.6 Å². The lowest BCUT2D eigenvalue weighted by atomic mass is 9.99. The molecule has 2 aliphatic rings. The summed E-state index contributed by atoms with van der Waals surface area (Å²) in [7, 11) is 0. The van der Waals surface area contributed by atoms with Gasteiger partial charge in [-0.25, -0.2) is 4.79 Å². The predicted octanol–water partition coefficient (Wildman–Crippen LogP) is 4.73. The van der Waals surface area contributed by atoms with E-state index in [9.17, 15) is 24.3 Å². The Labute approximate surface area is 257 Å². The van der Waals surface area contributed by atoms with Gasteiger partial charge in [0, 0.05) is 29.9 Å². The van der Waals surface area contributed by atoms with Gasteiger partial charge < -0.3 is 20.1 Å². The first-order valence-corrected chi connectivity index (χ1v) is 14.8. The van der Waals surface area contributed by atoms with Crippen LogP contribution in [0.15, 0.2) is 59.2 Å². The number of ether oxygens (including phenoxy) is 1. The first kappa shape index (κ1) is 30.2. The van der Waals surface area contributed by atoms with Crippen LogP contribution in [-0.4, -0.2) is 74.7 Å².